The summed E-state index contributed by atoms with van der Waals surface area (Å²) in [7, 11) is 0. The number of hydrogen-bond acceptors (Lipinski definition) is 3. The average Bonchev–Trinajstić information content (AvgIpc) is 2.60. The van der Waals surface area contributed by atoms with E-state index < -0.39 is 6.10 Å². The largest absolute Gasteiger partial charge is 0.481 e. The van der Waals surface area contributed by atoms with E-state index in [2.05, 4.69) is 10.6 Å². The van der Waals surface area contributed by atoms with E-state index in [4.69, 9.17) is 4.74 Å². The Labute approximate surface area is 142 Å². The molecule has 24 heavy (non-hydrogen) atoms. The average molecular weight is 326 g/mol. The maximum Gasteiger partial charge on any atom is 0.265 e. The molecule has 0 aliphatic carbocycles. The first-order valence-electron chi connectivity index (χ1n) is 8.04. The number of hydrogen-bond donors (Lipinski definition) is 2. The topological polar surface area (TPSA) is 67.4 Å². The van der Waals surface area contributed by atoms with Crippen LogP contribution in [0.2, 0.25) is 0 Å². The Kier molecular flexibility index (Phi) is 6.37. The molecule has 2 aromatic rings. The summed E-state index contributed by atoms with van der Waals surface area (Å²) < 4.78 is 5.73. The van der Waals surface area contributed by atoms with Gasteiger partial charge in [-0.2, -0.15) is 0 Å². The van der Waals surface area contributed by atoms with Gasteiger partial charge in [-0.3, -0.25) is 9.59 Å². The van der Waals surface area contributed by atoms with Gasteiger partial charge in [-0.25, -0.2) is 0 Å². The lowest BCUT2D eigenvalue weighted by atomic mass is 10.2. The third-order valence-electron chi connectivity index (χ3n) is 3.42. The van der Waals surface area contributed by atoms with Gasteiger partial charge < -0.3 is 15.4 Å². The lowest BCUT2D eigenvalue weighted by molar-refractivity contribution is -0.122. The lowest BCUT2D eigenvalue weighted by Gasteiger charge is -2.17. The Morgan fingerprint density at radius 2 is 1.62 bits per heavy atom. The fourth-order valence-electron chi connectivity index (χ4n) is 2.13. The maximum atomic E-state index is 12.4. The van der Waals surface area contributed by atoms with E-state index in [0.29, 0.717) is 30.0 Å². The van der Waals surface area contributed by atoms with Gasteiger partial charge in [0.2, 0.25) is 5.91 Å². The van der Waals surface area contributed by atoms with Crippen molar-refractivity contribution in [2.24, 2.45) is 0 Å². The zero-order valence-electron chi connectivity index (χ0n) is 13.9. The highest BCUT2D eigenvalue weighted by Crippen LogP contribution is 2.17. The molecule has 0 aliphatic heterocycles. The Balaban J connectivity index is 2.02. The van der Waals surface area contributed by atoms with Crippen LogP contribution in [0.5, 0.6) is 5.75 Å². The van der Waals surface area contributed by atoms with E-state index in [1.807, 2.05) is 37.3 Å². The SMILES string of the molecule is CCC(=O)Nc1cccc(NC(=O)[C@@H](CC)Oc2ccccc2)c1. The molecule has 2 aromatic carbocycles. The number of para-hydroxylation sites is 1. The van der Waals surface area contributed by atoms with Crippen LogP contribution in [0.25, 0.3) is 0 Å². The number of nitrogens with one attached hydrogen (secondary N) is 2. The van der Waals surface area contributed by atoms with Crippen LogP contribution in [0.3, 0.4) is 0 Å². The van der Waals surface area contributed by atoms with Crippen LogP contribution >= 0.6 is 0 Å². The second kappa shape index (κ2) is 8.72. The summed E-state index contributed by atoms with van der Waals surface area (Å²) in [5.74, 6) is 0.362. The summed E-state index contributed by atoms with van der Waals surface area (Å²) in [4.78, 5) is 23.9. The molecule has 0 fully saturated rings. The third kappa shape index (κ3) is 5.12. The molecular weight excluding hydrogens is 304 g/mol. The Morgan fingerprint density at radius 1 is 0.958 bits per heavy atom. The van der Waals surface area contributed by atoms with Crippen molar-refractivity contribution in [3.63, 3.8) is 0 Å². The molecule has 5 heteroatoms. The van der Waals surface area contributed by atoms with Crippen molar-refractivity contribution in [2.45, 2.75) is 32.8 Å². The maximum absolute atomic E-state index is 12.4. The van der Waals surface area contributed by atoms with Crippen molar-refractivity contribution in [1.29, 1.82) is 0 Å². The van der Waals surface area contributed by atoms with Crippen LogP contribution in [0, 0.1) is 0 Å². The molecule has 1 atom stereocenters. The van der Waals surface area contributed by atoms with Gasteiger partial charge in [-0.15, -0.1) is 0 Å². The Hall–Kier alpha value is -2.82. The highest BCUT2D eigenvalue weighted by molar-refractivity contribution is 5.96. The van der Waals surface area contributed by atoms with Crippen LogP contribution in [-0.2, 0) is 9.59 Å². The molecule has 2 amide bonds. The number of carbonyl (C=O) groups excluding carboxylic acids is 2. The standard InChI is InChI=1S/C19H22N2O3/c1-3-17(24-16-11-6-5-7-12-16)19(23)21-15-10-8-9-14(13-15)20-18(22)4-2/h5-13,17H,3-4H2,1-2H3,(H,20,22)(H,21,23)/t17-/m1/s1. The predicted molar refractivity (Wildman–Crippen MR) is 95.1 cm³/mol. The van der Waals surface area contributed by atoms with Gasteiger partial charge >= 0.3 is 0 Å². The van der Waals surface area contributed by atoms with Gasteiger partial charge in [-0.05, 0) is 36.8 Å². The lowest BCUT2D eigenvalue weighted by Crippen LogP contribution is -2.32. The molecule has 0 radical (unpaired) electrons. The highest BCUT2D eigenvalue weighted by atomic mass is 16.5. The molecule has 0 aliphatic rings. The minimum Gasteiger partial charge on any atom is -0.481 e. The van der Waals surface area contributed by atoms with E-state index in [9.17, 15) is 9.59 Å². The van der Waals surface area contributed by atoms with Gasteiger partial charge in [0.05, 0.1) is 0 Å². The zero-order valence-corrected chi connectivity index (χ0v) is 13.9. The Bertz CT molecular complexity index is 686. The van der Waals surface area contributed by atoms with Crippen LogP contribution in [0.15, 0.2) is 54.6 Å². The first-order chi connectivity index (χ1) is 11.6. The number of rotatable bonds is 7. The van der Waals surface area contributed by atoms with Gasteiger partial charge in [0.15, 0.2) is 6.10 Å². The van der Waals surface area contributed by atoms with Gasteiger partial charge in [0.25, 0.3) is 5.91 Å². The first-order valence-corrected chi connectivity index (χ1v) is 8.04. The number of amides is 2. The quantitative estimate of drug-likeness (QED) is 0.812. The first kappa shape index (κ1) is 17.5. The number of anilines is 2. The molecule has 0 saturated heterocycles. The molecular formula is C19H22N2O3. The molecule has 126 valence electrons. The minimum atomic E-state index is -0.582. The minimum absolute atomic E-state index is 0.0719. The molecule has 0 bridgehead atoms. The molecule has 0 saturated carbocycles. The van der Waals surface area contributed by atoms with Crippen molar-refractivity contribution < 1.29 is 14.3 Å². The van der Waals surface area contributed by atoms with Crippen LogP contribution in [0.4, 0.5) is 11.4 Å². The van der Waals surface area contributed by atoms with Crippen LogP contribution in [0.1, 0.15) is 26.7 Å². The summed E-state index contributed by atoms with van der Waals surface area (Å²) in [6, 6.07) is 16.3. The van der Waals surface area contributed by atoms with Crippen molar-refractivity contribution in [2.75, 3.05) is 10.6 Å². The molecule has 2 N–H and O–H groups in total. The highest BCUT2D eigenvalue weighted by Gasteiger charge is 2.18. The second-order valence-corrected chi connectivity index (χ2v) is 5.30. The summed E-state index contributed by atoms with van der Waals surface area (Å²) in [6.07, 6.45) is 0.369. The zero-order chi connectivity index (χ0) is 17.4. The molecule has 0 aromatic heterocycles. The number of benzene rings is 2. The molecule has 0 spiro atoms. The normalized spacial score (nSPS) is 11.4. The summed E-state index contributed by atoms with van der Waals surface area (Å²) >= 11 is 0. The Morgan fingerprint density at radius 3 is 2.25 bits per heavy atom. The summed E-state index contributed by atoms with van der Waals surface area (Å²) in [6.45, 7) is 3.68. The van der Waals surface area contributed by atoms with E-state index in [1.54, 1.807) is 31.2 Å². The van der Waals surface area contributed by atoms with Crippen molar-refractivity contribution in [1.82, 2.24) is 0 Å². The van der Waals surface area contributed by atoms with Gasteiger partial charge in [0.1, 0.15) is 5.75 Å². The molecule has 2 rings (SSSR count). The molecule has 0 unspecified atom stereocenters. The van der Waals surface area contributed by atoms with E-state index in [1.165, 1.54) is 0 Å². The van der Waals surface area contributed by atoms with E-state index in [0.717, 1.165) is 0 Å². The fraction of sp³-hybridized carbons (Fsp3) is 0.263. The number of ether oxygens (including phenoxy) is 1. The third-order valence-corrected chi connectivity index (χ3v) is 3.42. The number of carbonyl (C=O) groups is 2. The van der Waals surface area contributed by atoms with E-state index >= 15 is 0 Å². The predicted octanol–water partition coefficient (Wildman–Crippen LogP) is 3.83. The van der Waals surface area contributed by atoms with Gasteiger partial charge in [0, 0.05) is 17.8 Å². The smallest absolute Gasteiger partial charge is 0.265 e. The summed E-state index contributed by atoms with van der Waals surface area (Å²) in [5.41, 5.74) is 1.26. The fourth-order valence-corrected chi connectivity index (χ4v) is 2.13. The van der Waals surface area contributed by atoms with Crippen molar-refractivity contribution in [3.8, 4) is 5.75 Å². The van der Waals surface area contributed by atoms with Gasteiger partial charge in [-0.1, -0.05) is 38.1 Å². The van der Waals surface area contributed by atoms with Crippen molar-refractivity contribution >= 4 is 23.2 Å². The molecule has 5 nitrogen and oxygen atoms in total. The van der Waals surface area contributed by atoms with E-state index in [-0.39, 0.29) is 11.8 Å². The second-order valence-electron chi connectivity index (χ2n) is 5.30. The molecule has 0 heterocycles. The summed E-state index contributed by atoms with van der Waals surface area (Å²) in [5, 5.41) is 5.60. The van der Waals surface area contributed by atoms with Crippen LogP contribution in [-0.4, -0.2) is 17.9 Å². The van der Waals surface area contributed by atoms with Crippen LogP contribution < -0.4 is 15.4 Å². The van der Waals surface area contributed by atoms with Crippen molar-refractivity contribution in [3.05, 3.63) is 54.6 Å². The monoisotopic (exact) mass is 326 g/mol.